The number of nitrogens with zero attached hydrogens (tertiary/aromatic N) is 1. The van der Waals surface area contributed by atoms with Gasteiger partial charge in [-0.2, -0.15) is 0 Å². The SMILES string of the molecule is COC(=O)c1ccc(NC(=O)c2ccncc2F)cc1. The van der Waals surface area contributed by atoms with Gasteiger partial charge >= 0.3 is 5.97 Å². The molecule has 0 aliphatic heterocycles. The first-order chi connectivity index (χ1) is 9.61. The number of halogens is 1. The van der Waals surface area contributed by atoms with Crippen LogP contribution in [0.5, 0.6) is 0 Å². The number of amides is 1. The fraction of sp³-hybridized carbons (Fsp3) is 0.0714. The van der Waals surface area contributed by atoms with Crippen LogP contribution >= 0.6 is 0 Å². The zero-order chi connectivity index (χ0) is 14.5. The summed E-state index contributed by atoms with van der Waals surface area (Å²) in [4.78, 5) is 26.7. The number of rotatable bonds is 3. The van der Waals surface area contributed by atoms with Crippen molar-refractivity contribution >= 4 is 17.6 Å². The highest BCUT2D eigenvalue weighted by Gasteiger charge is 2.12. The number of nitrogens with one attached hydrogen (secondary N) is 1. The van der Waals surface area contributed by atoms with Gasteiger partial charge < -0.3 is 10.1 Å². The molecule has 1 heterocycles. The quantitative estimate of drug-likeness (QED) is 0.872. The monoisotopic (exact) mass is 274 g/mol. The molecule has 0 radical (unpaired) electrons. The van der Waals surface area contributed by atoms with Crippen LogP contribution in [0.1, 0.15) is 20.7 Å². The number of carbonyl (C=O) groups excluding carboxylic acids is 2. The number of ether oxygens (including phenoxy) is 1. The van der Waals surface area contributed by atoms with E-state index >= 15 is 0 Å². The van der Waals surface area contributed by atoms with Gasteiger partial charge in [-0.3, -0.25) is 9.78 Å². The number of pyridine rings is 1. The Balaban J connectivity index is 2.13. The summed E-state index contributed by atoms with van der Waals surface area (Å²) in [5, 5.41) is 2.52. The van der Waals surface area contributed by atoms with Gasteiger partial charge in [0, 0.05) is 11.9 Å². The lowest BCUT2D eigenvalue weighted by Crippen LogP contribution is -2.14. The van der Waals surface area contributed by atoms with Crippen molar-refractivity contribution < 1.29 is 18.7 Å². The highest BCUT2D eigenvalue weighted by atomic mass is 19.1. The maximum atomic E-state index is 13.4. The van der Waals surface area contributed by atoms with Gasteiger partial charge in [0.05, 0.1) is 24.4 Å². The molecule has 1 amide bonds. The van der Waals surface area contributed by atoms with E-state index in [1.54, 1.807) is 0 Å². The maximum absolute atomic E-state index is 13.4. The van der Waals surface area contributed by atoms with Gasteiger partial charge in [0.25, 0.3) is 5.91 Å². The molecule has 0 atom stereocenters. The molecule has 20 heavy (non-hydrogen) atoms. The summed E-state index contributed by atoms with van der Waals surface area (Å²) < 4.78 is 17.9. The molecule has 102 valence electrons. The van der Waals surface area contributed by atoms with Crippen molar-refractivity contribution in [2.24, 2.45) is 0 Å². The van der Waals surface area contributed by atoms with Crippen molar-refractivity contribution in [1.29, 1.82) is 0 Å². The summed E-state index contributed by atoms with van der Waals surface area (Å²) in [7, 11) is 1.28. The Morgan fingerprint density at radius 1 is 1.20 bits per heavy atom. The number of methoxy groups -OCH3 is 1. The Kier molecular flexibility index (Phi) is 4.05. The zero-order valence-electron chi connectivity index (χ0n) is 10.6. The average molecular weight is 274 g/mol. The first kappa shape index (κ1) is 13.7. The van der Waals surface area contributed by atoms with Crippen LogP contribution in [0.3, 0.4) is 0 Å². The second kappa shape index (κ2) is 5.92. The van der Waals surface area contributed by atoms with Gasteiger partial charge in [0.1, 0.15) is 0 Å². The predicted molar refractivity (Wildman–Crippen MR) is 69.9 cm³/mol. The van der Waals surface area contributed by atoms with E-state index in [0.29, 0.717) is 11.3 Å². The molecule has 0 aliphatic carbocycles. The lowest BCUT2D eigenvalue weighted by atomic mass is 10.2. The third kappa shape index (κ3) is 2.97. The smallest absolute Gasteiger partial charge is 0.337 e. The van der Waals surface area contributed by atoms with Gasteiger partial charge in [-0.05, 0) is 30.3 Å². The molecular weight excluding hydrogens is 263 g/mol. The lowest BCUT2D eigenvalue weighted by Gasteiger charge is -2.06. The van der Waals surface area contributed by atoms with Crippen LogP contribution in [0, 0.1) is 5.82 Å². The van der Waals surface area contributed by atoms with E-state index in [4.69, 9.17) is 0 Å². The van der Waals surface area contributed by atoms with E-state index in [9.17, 15) is 14.0 Å². The average Bonchev–Trinajstić information content (AvgIpc) is 2.47. The van der Waals surface area contributed by atoms with Crippen molar-refractivity contribution in [1.82, 2.24) is 4.98 Å². The molecule has 1 aromatic heterocycles. The van der Waals surface area contributed by atoms with E-state index in [1.165, 1.54) is 43.6 Å². The largest absolute Gasteiger partial charge is 0.465 e. The van der Waals surface area contributed by atoms with Crippen LogP contribution < -0.4 is 5.32 Å². The number of benzene rings is 1. The van der Waals surface area contributed by atoms with E-state index in [2.05, 4.69) is 15.0 Å². The van der Waals surface area contributed by atoms with Gasteiger partial charge in [-0.15, -0.1) is 0 Å². The van der Waals surface area contributed by atoms with Crippen LogP contribution in [-0.2, 0) is 4.74 Å². The van der Waals surface area contributed by atoms with Gasteiger partial charge in [0.2, 0.25) is 0 Å². The van der Waals surface area contributed by atoms with Crippen LogP contribution in [0.25, 0.3) is 0 Å². The van der Waals surface area contributed by atoms with E-state index in [1.807, 2.05) is 0 Å². The molecule has 1 aromatic carbocycles. The topological polar surface area (TPSA) is 68.3 Å². The molecule has 0 saturated carbocycles. The maximum Gasteiger partial charge on any atom is 0.337 e. The normalized spacial score (nSPS) is 9.90. The molecular formula is C14H11FN2O3. The minimum absolute atomic E-state index is 0.1000. The number of anilines is 1. The predicted octanol–water partition coefficient (Wildman–Crippen LogP) is 2.26. The third-order valence-electron chi connectivity index (χ3n) is 2.58. The van der Waals surface area contributed by atoms with Crippen molar-refractivity contribution in [3.63, 3.8) is 0 Å². The van der Waals surface area contributed by atoms with Crippen molar-refractivity contribution in [3.05, 3.63) is 59.7 Å². The summed E-state index contributed by atoms with van der Waals surface area (Å²) in [5.74, 6) is -1.75. The number of hydrogen-bond acceptors (Lipinski definition) is 4. The molecule has 2 rings (SSSR count). The van der Waals surface area contributed by atoms with E-state index < -0.39 is 17.7 Å². The first-order valence-corrected chi connectivity index (χ1v) is 5.71. The summed E-state index contributed by atoms with van der Waals surface area (Å²) in [6.07, 6.45) is 2.30. The van der Waals surface area contributed by atoms with E-state index in [0.717, 1.165) is 6.20 Å². The molecule has 0 saturated heterocycles. The lowest BCUT2D eigenvalue weighted by molar-refractivity contribution is 0.0600. The molecule has 0 unspecified atom stereocenters. The second-order valence-corrected chi connectivity index (χ2v) is 3.88. The number of carbonyl (C=O) groups is 2. The number of esters is 1. The Morgan fingerprint density at radius 3 is 2.50 bits per heavy atom. The third-order valence-corrected chi connectivity index (χ3v) is 2.58. The molecule has 2 aromatic rings. The van der Waals surface area contributed by atoms with E-state index in [-0.39, 0.29) is 5.56 Å². The molecule has 0 aliphatic rings. The molecule has 0 spiro atoms. The van der Waals surface area contributed by atoms with Crippen molar-refractivity contribution in [2.45, 2.75) is 0 Å². The molecule has 0 bridgehead atoms. The summed E-state index contributed by atoms with van der Waals surface area (Å²) in [6, 6.07) is 7.36. The van der Waals surface area contributed by atoms with Gasteiger partial charge in [0.15, 0.2) is 5.82 Å². The van der Waals surface area contributed by atoms with Crippen LogP contribution in [0.2, 0.25) is 0 Å². The molecule has 0 fully saturated rings. The van der Waals surface area contributed by atoms with Crippen LogP contribution in [0.4, 0.5) is 10.1 Å². The second-order valence-electron chi connectivity index (χ2n) is 3.88. The minimum Gasteiger partial charge on any atom is -0.465 e. The highest BCUT2D eigenvalue weighted by molar-refractivity contribution is 6.04. The summed E-state index contributed by atoms with van der Waals surface area (Å²) in [6.45, 7) is 0. The number of aromatic nitrogens is 1. The highest BCUT2D eigenvalue weighted by Crippen LogP contribution is 2.13. The zero-order valence-corrected chi connectivity index (χ0v) is 10.6. The Labute approximate surface area is 114 Å². The van der Waals surface area contributed by atoms with Crippen molar-refractivity contribution in [3.8, 4) is 0 Å². The molecule has 6 heteroatoms. The Hall–Kier alpha value is -2.76. The van der Waals surface area contributed by atoms with Gasteiger partial charge in [-0.25, -0.2) is 9.18 Å². The Morgan fingerprint density at radius 2 is 1.90 bits per heavy atom. The fourth-order valence-corrected chi connectivity index (χ4v) is 1.57. The fourth-order valence-electron chi connectivity index (χ4n) is 1.57. The van der Waals surface area contributed by atoms with Gasteiger partial charge in [-0.1, -0.05) is 0 Å². The minimum atomic E-state index is -0.698. The first-order valence-electron chi connectivity index (χ1n) is 5.71. The summed E-state index contributed by atoms with van der Waals surface area (Å²) >= 11 is 0. The standard InChI is InChI=1S/C14H11FN2O3/c1-20-14(19)9-2-4-10(5-3-9)17-13(18)11-6-7-16-8-12(11)15/h2-8H,1H3,(H,17,18). The molecule has 1 N–H and O–H groups in total. The Bertz CT molecular complexity index is 641. The molecule has 5 nitrogen and oxygen atoms in total. The van der Waals surface area contributed by atoms with Crippen molar-refractivity contribution in [2.75, 3.05) is 12.4 Å². The van der Waals surface area contributed by atoms with Crippen LogP contribution in [0.15, 0.2) is 42.7 Å². The number of hydrogen-bond donors (Lipinski definition) is 1. The van der Waals surface area contributed by atoms with Crippen LogP contribution in [-0.4, -0.2) is 24.0 Å². The summed E-state index contributed by atoms with van der Waals surface area (Å²) in [5.41, 5.74) is 0.705.